The largest absolute Gasteiger partial charge is 0.367 e. The molecular weight excluding hydrogens is 222 g/mol. The molecule has 0 bridgehead atoms. The van der Waals surface area contributed by atoms with Crippen molar-refractivity contribution in [1.82, 2.24) is 5.32 Å². The molecule has 0 amide bonds. The Morgan fingerprint density at radius 1 is 1.56 bits per heavy atom. The first-order valence-corrected chi connectivity index (χ1v) is 6.67. The summed E-state index contributed by atoms with van der Waals surface area (Å²) < 4.78 is 0. The Hall–Kier alpha value is -1.53. The van der Waals surface area contributed by atoms with Crippen LogP contribution in [0.15, 0.2) is 24.3 Å². The molecule has 2 N–H and O–H groups in total. The molecule has 0 spiro atoms. The molecule has 0 aliphatic carbocycles. The Bertz CT molecular complexity index is 449. The van der Waals surface area contributed by atoms with E-state index in [0.29, 0.717) is 5.92 Å². The van der Waals surface area contributed by atoms with Crippen molar-refractivity contribution < 1.29 is 0 Å². The van der Waals surface area contributed by atoms with Gasteiger partial charge in [0.25, 0.3) is 0 Å². The van der Waals surface area contributed by atoms with Gasteiger partial charge in [0.15, 0.2) is 0 Å². The van der Waals surface area contributed by atoms with Gasteiger partial charge in [0.2, 0.25) is 0 Å². The van der Waals surface area contributed by atoms with Crippen LogP contribution in [-0.2, 0) is 0 Å². The van der Waals surface area contributed by atoms with Crippen LogP contribution in [0.4, 0.5) is 5.69 Å². The van der Waals surface area contributed by atoms with Crippen LogP contribution < -0.4 is 10.6 Å². The van der Waals surface area contributed by atoms with Crippen LogP contribution in [0.1, 0.15) is 25.3 Å². The maximum Gasteiger partial charge on any atom is 0.130 e. The van der Waals surface area contributed by atoms with Crippen molar-refractivity contribution in [3.8, 4) is 6.07 Å². The van der Waals surface area contributed by atoms with Gasteiger partial charge in [-0.3, -0.25) is 0 Å². The number of benzene rings is 1. The van der Waals surface area contributed by atoms with Crippen molar-refractivity contribution in [3.63, 3.8) is 0 Å². The minimum absolute atomic E-state index is 0.358. The number of piperidine rings is 1. The van der Waals surface area contributed by atoms with Crippen LogP contribution in [0.3, 0.4) is 0 Å². The maximum absolute atomic E-state index is 9.63. The van der Waals surface area contributed by atoms with E-state index in [1.165, 1.54) is 5.56 Å². The predicted molar refractivity (Wildman–Crippen MR) is 74.4 cm³/mol. The summed E-state index contributed by atoms with van der Waals surface area (Å²) in [6.45, 7) is 6.05. The summed E-state index contributed by atoms with van der Waals surface area (Å²) in [5, 5.41) is 16.5. The first kappa shape index (κ1) is 12.9. The third kappa shape index (κ3) is 2.49. The van der Waals surface area contributed by atoms with Crippen molar-refractivity contribution in [2.75, 3.05) is 18.4 Å². The maximum atomic E-state index is 9.63. The van der Waals surface area contributed by atoms with E-state index in [0.717, 1.165) is 31.6 Å². The molecule has 1 saturated heterocycles. The number of rotatable bonds is 3. The van der Waals surface area contributed by atoms with Crippen LogP contribution in [0, 0.1) is 24.2 Å². The van der Waals surface area contributed by atoms with Gasteiger partial charge in [0, 0.05) is 18.2 Å². The minimum Gasteiger partial charge on any atom is -0.367 e. The van der Waals surface area contributed by atoms with Gasteiger partial charge in [-0.15, -0.1) is 0 Å². The SMILES string of the molecule is CCC1CNCCC1(C#N)Nc1cccc(C)c1. The fourth-order valence-corrected chi connectivity index (χ4v) is 2.75. The molecule has 2 atom stereocenters. The lowest BCUT2D eigenvalue weighted by atomic mass is 9.78. The summed E-state index contributed by atoms with van der Waals surface area (Å²) in [5.74, 6) is 0.358. The molecule has 3 nitrogen and oxygen atoms in total. The van der Waals surface area contributed by atoms with Gasteiger partial charge in [0.05, 0.1) is 6.07 Å². The second-order valence-corrected chi connectivity index (χ2v) is 5.14. The lowest BCUT2D eigenvalue weighted by molar-refractivity contribution is 0.276. The lowest BCUT2D eigenvalue weighted by Crippen LogP contribution is -2.54. The van der Waals surface area contributed by atoms with Crippen LogP contribution in [0.25, 0.3) is 0 Å². The third-order valence-electron chi connectivity index (χ3n) is 3.86. The smallest absolute Gasteiger partial charge is 0.130 e. The number of nitriles is 1. The van der Waals surface area contributed by atoms with Gasteiger partial charge in [0.1, 0.15) is 5.54 Å². The van der Waals surface area contributed by atoms with E-state index in [-0.39, 0.29) is 0 Å². The molecule has 96 valence electrons. The van der Waals surface area contributed by atoms with Gasteiger partial charge in [-0.2, -0.15) is 5.26 Å². The average molecular weight is 243 g/mol. The number of anilines is 1. The van der Waals surface area contributed by atoms with Gasteiger partial charge in [-0.05, 0) is 44.0 Å². The lowest BCUT2D eigenvalue weighted by Gasteiger charge is -2.40. The fourth-order valence-electron chi connectivity index (χ4n) is 2.75. The van der Waals surface area contributed by atoms with Crippen molar-refractivity contribution in [2.45, 2.75) is 32.2 Å². The third-order valence-corrected chi connectivity index (χ3v) is 3.86. The highest BCUT2D eigenvalue weighted by molar-refractivity contribution is 5.50. The van der Waals surface area contributed by atoms with Crippen molar-refractivity contribution in [3.05, 3.63) is 29.8 Å². The molecule has 1 fully saturated rings. The van der Waals surface area contributed by atoms with E-state index in [1.807, 2.05) is 12.1 Å². The van der Waals surface area contributed by atoms with Gasteiger partial charge >= 0.3 is 0 Å². The number of aryl methyl sites for hydroxylation is 1. The predicted octanol–water partition coefficient (Wildman–Crippen LogP) is 2.69. The fraction of sp³-hybridized carbons (Fsp3) is 0.533. The van der Waals surface area contributed by atoms with E-state index < -0.39 is 5.54 Å². The summed E-state index contributed by atoms with van der Waals surface area (Å²) in [6.07, 6.45) is 1.87. The zero-order valence-corrected chi connectivity index (χ0v) is 11.2. The normalized spacial score (nSPS) is 27.5. The summed E-state index contributed by atoms with van der Waals surface area (Å²) in [4.78, 5) is 0. The van der Waals surface area contributed by atoms with Gasteiger partial charge < -0.3 is 10.6 Å². The number of hydrogen-bond acceptors (Lipinski definition) is 3. The molecule has 18 heavy (non-hydrogen) atoms. The summed E-state index contributed by atoms with van der Waals surface area (Å²) in [5.41, 5.74) is 1.85. The zero-order valence-electron chi connectivity index (χ0n) is 11.2. The highest BCUT2D eigenvalue weighted by Crippen LogP contribution is 2.30. The number of nitrogens with one attached hydrogen (secondary N) is 2. The molecule has 3 heteroatoms. The Morgan fingerprint density at radius 3 is 3.06 bits per heavy atom. The highest BCUT2D eigenvalue weighted by Gasteiger charge is 2.40. The molecule has 1 aromatic carbocycles. The Kier molecular flexibility index (Phi) is 3.88. The standard InChI is InChI=1S/C15H21N3/c1-3-13-10-17-8-7-15(13,11-16)18-14-6-4-5-12(2)9-14/h4-6,9,13,17-18H,3,7-8,10H2,1-2H3. The molecular formula is C15H21N3. The van der Waals surface area contributed by atoms with Crippen LogP contribution in [-0.4, -0.2) is 18.6 Å². The average Bonchev–Trinajstić information content (AvgIpc) is 2.39. The van der Waals surface area contributed by atoms with Crippen molar-refractivity contribution in [2.24, 2.45) is 5.92 Å². The Morgan fingerprint density at radius 2 is 2.39 bits per heavy atom. The molecule has 1 aliphatic rings. The Labute approximate surface area is 109 Å². The minimum atomic E-state index is -0.423. The van der Waals surface area contributed by atoms with Crippen LogP contribution in [0.2, 0.25) is 0 Å². The number of nitrogens with zero attached hydrogens (tertiary/aromatic N) is 1. The quantitative estimate of drug-likeness (QED) is 0.858. The molecule has 0 saturated carbocycles. The second kappa shape index (κ2) is 5.41. The van der Waals surface area contributed by atoms with Crippen molar-refractivity contribution in [1.29, 1.82) is 5.26 Å². The molecule has 2 rings (SSSR count). The van der Waals surface area contributed by atoms with Gasteiger partial charge in [-0.1, -0.05) is 19.1 Å². The molecule has 1 aliphatic heterocycles. The van der Waals surface area contributed by atoms with E-state index in [2.05, 4.69) is 42.7 Å². The van der Waals surface area contributed by atoms with Crippen LogP contribution in [0.5, 0.6) is 0 Å². The summed E-state index contributed by atoms with van der Waals surface area (Å²) in [6, 6.07) is 10.8. The second-order valence-electron chi connectivity index (χ2n) is 5.14. The molecule has 0 radical (unpaired) electrons. The zero-order chi connectivity index (χ0) is 13.0. The first-order valence-electron chi connectivity index (χ1n) is 6.67. The monoisotopic (exact) mass is 243 g/mol. The van der Waals surface area contributed by atoms with Gasteiger partial charge in [-0.25, -0.2) is 0 Å². The van der Waals surface area contributed by atoms with Crippen molar-refractivity contribution >= 4 is 5.69 Å². The highest BCUT2D eigenvalue weighted by atomic mass is 15.0. The topological polar surface area (TPSA) is 47.9 Å². The summed E-state index contributed by atoms with van der Waals surface area (Å²) in [7, 11) is 0. The van der Waals surface area contributed by atoms with E-state index >= 15 is 0 Å². The molecule has 2 unspecified atom stereocenters. The van der Waals surface area contributed by atoms with E-state index in [4.69, 9.17) is 0 Å². The Balaban J connectivity index is 2.24. The van der Waals surface area contributed by atoms with Crippen LogP contribution >= 0.6 is 0 Å². The van der Waals surface area contributed by atoms with E-state index in [9.17, 15) is 5.26 Å². The molecule has 1 aromatic rings. The summed E-state index contributed by atoms with van der Waals surface area (Å²) >= 11 is 0. The van der Waals surface area contributed by atoms with E-state index in [1.54, 1.807) is 0 Å². The number of hydrogen-bond donors (Lipinski definition) is 2. The molecule has 0 aromatic heterocycles. The first-order chi connectivity index (χ1) is 8.70. The molecule has 1 heterocycles.